The molecule has 4 heterocycles. The molecule has 3 aromatic heterocycles. The number of hydrogen-bond acceptors (Lipinski definition) is 5. The quantitative estimate of drug-likeness (QED) is 0.295. The summed E-state index contributed by atoms with van der Waals surface area (Å²) in [4.78, 5) is 24.3. The summed E-state index contributed by atoms with van der Waals surface area (Å²) in [6.07, 6.45) is 10.9. The van der Waals surface area contributed by atoms with E-state index in [4.69, 9.17) is 10.1 Å². The van der Waals surface area contributed by atoms with E-state index in [-0.39, 0.29) is 11.9 Å². The van der Waals surface area contributed by atoms with E-state index in [1.165, 1.54) is 0 Å². The molecule has 1 aliphatic rings. The Hall–Kier alpha value is -4.10. The Morgan fingerprint density at radius 3 is 2.71 bits per heavy atom. The van der Waals surface area contributed by atoms with Crippen LogP contribution in [0.3, 0.4) is 0 Å². The first-order chi connectivity index (χ1) is 17.3. The minimum atomic E-state index is -0.00338. The molecule has 1 fully saturated rings. The number of carbonyl (C=O) groups excluding carboxylic acids is 1. The van der Waals surface area contributed by atoms with Gasteiger partial charge in [-0.25, -0.2) is 9.67 Å². The topological polar surface area (TPSA) is 63.9 Å². The Labute approximate surface area is 207 Å². The van der Waals surface area contributed by atoms with Gasteiger partial charge in [-0.05, 0) is 55.3 Å². The average Bonchev–Trinajstić information content (AvgIpc) is 3.66. The largest absolute Gasteiger partial charge is 0.330 e. The van der Waals surface area contributed by atoms with Crippen LogP contribution in [-0.2, 0) is 4.79 Å². The summed E-state index contributed by atoms with van der Waals surface area (Å²) in [6.45, 7) is 0.739. The average molecular weight is 478 g/mol. The zero-order chi connectivity index (χ0) is 23.6. The fourth-order valence-corrected chi connectivity index (χ4v) is 5.64. The molecule has 1 aliphatic heterocycles. The summed E-state index contributed by atoms with van der Waals surface area (Å²) < 4.78 is 3.00. The van der Waals surface area contributed by atoms with Gasteiger partial charge in [0.15, 0.2) is 0 Å². The van der Waals surface area contributed by atoms with Crippen molar-refractivity contribution in [2.24, 2.45) is 0 Å². The van der Waals surface area contributed by atoms with E-state index in [0.717, 1.165) is 57.1 Å². The van der Waals surface area contributed by atoms with Crippen molar-refractivity contribution in [3.05, 3.63) is 102 Å². The van der Waals surface area contributed by atoms with E-state index in [1.807, 2.05) is 82.5 Å². The zero-order valence-electron chi connectivity index (χ0n) is 19.0. The third-order valence-corrected chi connectivity index (χ3v) is 7.37. The van der Waals surface area contributed by atoms with Crippen molar-refractivity contribution in [2.45, 2.75) is 18.9 Å². The monoisotopic (exact) mass is 477 g/mol. The van der Waals surface area contributed by atoms with Crippen LogP contribution in [0.5, 0.6) is 0 Å². The predicted octanol–water partition coefficient (Wildman–Crippen LogP) is 5.92. The minimum absolute atomic E-state index is 0.00338. The summed E-state index contributed by atoms with van der Waals surface area (Å²) in [5.41, 5.74) is 4.51. The van der Waals surface area contributed by atoms with Crippen molar-refractivity contribution in [2.75, 3.05) is 6.54 Å². The minimum Gasteiger partial charge on any atom is -0.330 e. The number of nitrogens with zero attached hydrogens (tertiary/aromatic N) is 5. The summed E-state index contributed by atoms with van der Waals surface area (Å²) >= 11 is 1.68. The van der Waals surface area contributed by atoms with E-state index in [1.54, 1.807) is 29.8 Å². The molecule has 6 rings (SSSR count). The summed E-state index contributed by atoms with van der Waals surface area (Å²) in [5.74, 6) is -0.00338. The second-order valence-electron chi connectivity index (χ2n) is 8.50. The van der Waals surface area contributed by atoms with Crippen molar-refractivity contribution >= 4 is 33.5 Å². The maximum absolute atomic E-state index is 13.3. The molecule has 7 heteroatoms. The van der Waals surface area contributed by atoms with Gasteiger partial charge in [0.25, 0.3) is 0 Å². The number of pyridine rings is 1. The van der Waals surface area contributed by atoms with E-state index in [2.05, 4.69) is 11.1 Å². The molecule has 0 N–H and O–H groups in total. The third kappa shape index (κ3) is 4.26. The highest BCUT2D eigenvalue weighted by Crippen LogP contribution is 2.36. The summed E-state index contributed by atoms with van der Waals surface area (Å²) in [7, 11) is 0. The van der Waals surface area contributed by atoms with Crippen molar-refractivity contribution in [3.63, 3.8) is 0 Å². The molecule has 1 atom stereocenters. The molecule has 0 spiro atoms. The van der Waals surface area contributed by atoms with Gasteiger partial charge in [-0.15, -0.1) is 11.3 Å². The highest BCUT2D eigenvalue weighted by Gasteiger charge is 2.31. The number of rotatable bonds is 5. The van der Waals surface area contributed by atoms with E-state index < -0.39 is 0 Å². The second-order valence-corrected chi connectivity index (χ2v) is 9.56. The SMILES string of the molecule is O=C(/C=C/c1cn(-c2ccccc2)nc1-c1cccnc1)N1CCCC1c1nc2ccccc2s1. The number of fused-ring (bicyclic) bond motifs is 1. The second kappa shape index (κ2) is 9.27. The lowest BCUT2D eigenvalue weighted by atomic mass is 10.1. The molecule has 0 aliphatic carbocycles. The maximum Gasteiger partial charge on any atom is 0.247 e. The Morgan fingerprint density at radius 2 is 1.89 bits per heavy atom. The smallest absolute Gasteiger partial charge is 0.247 e. The van der Waals surface area contributed by atoms with Crippen LogP contribution in [-0.4, -0.2) is 37.1 Å². The fraction of sp³-hybridized carbons (Fsp3) is 0.143. The number of aromatic nitrogens is 4. The Morgan fingerprint density at radius 1 is 1.03 bits per heavy atom. The van der Waals surface area contributed by atoms with E-state index >= 15 is 0 Å². The van der Waals surface area contributed by atoms with E-state index in [9.17, 15) is 4.79 Å². The molecule has 1 amide bonds. The Balaban J connectivity index is 1.30. The lowest BCUT2D eigenvalue weighted by Gasteiger charge is -2.21. The third-order valence-electron chi connectivity index (χ3n) is 6.24. The number of hydrogen-bond donors (Lipinski definition) is 0. The number of benzene rings is 2. The number of thiazole rings is 1. The van der Waals surface area contributed by atoms with Crippen LogP contribution >= 0.6 is 11.3 Å². The van der Waals surface area contributed by atoms with Gasteiger partial charge in [-0.1, -0.05) is 30.3 Å². The van der Waals surface area contributed by atoms with Crippen molar-refractivity contribution in [3.8, 4) is 16.9 Å². The van der Waals surface area contributed by atoms with Gasteiger partial charge < -0.3 is 4.90 Å². The molecule has 0 radical (unpaired) electrons. The molecular weight excluding hydrogens is 454 g/mol. The number of carbonyl (C=O) groups is 1. The van der Waals surface area contributed by atoms with Gasteiger partial charge in [0.1, 0.15) is 10.7 Å². The van der Waals surface area contributed by atoms with Gasteiger partial charge in [-0.3, -0.25) is 9.78 Å². The van der Waals surface area contributed by atoms with Gasteiger partial charge in [0.05, 0.1) is 21.9 Å². The maximum atomic E-state index is 13.3. The molecule has 2 aromatic carbocycles. The van der Waals surface area contributed by atoms with Gasteiger partial charge in [0.2, 0.25) is 5.91 Å². The van der Waals surface area contributed by atoms with Crippen LogP contribution in [0.4, 0.5) is 0 Å². The molecule has 5 aromatic rings. The summed E-state index contributed by atoms with van der Waals surface area (Å²) in [6, 6.07) is 22.0. The first kappa shape index (κ1) is 21.4. The molecule has 6 nitrogen and oxygen atoms in total. The predicted molar refractivity (Wildman–Crippen MR) is 139 cm³/mol. The molecule has 0 saturated carbocycles. The standard InChI is InChI=1S/C28H23N5OS/c34-26(32-17-7-12-24(32)28-30-23-11-4-5-13-25(23)35-28)15-14-21-19-33(22-9-2-1-3-10-22)31-27(21)20-8-6-16-29-18-20/h1-6,8-11,13-16,18-19,24H,7,12,17H2/b15-14+. The first-order valence-electron chi connectivity index (χ1n) is 11.7. The number of likely N-dealkylation sites (tertiary alicyclic amines) is 1. The van der Waals surface area contributed by atoms with Crippen LogP contribution < -0.4 is 0 Å². The Kier molecular flexibility index (Phi) is 5.68. The molecule has 0 bridgehead atoms. The molecule has 1 saturated heterocycles. The van der Waals surface area contributed by atoms with Gasteiger partial charge in [-0.2, -0.15) is 5.10 Å². The molecule has 172 valence electrons. The van der Waals surface area contributed by atoms with Crippen LogP contribution in [0.1, 0.15) is 29.5 Å². The first-order valence-corrected chi connectivity index (χ1v) is 12.5. The molecule has 1 unspecified atom stereocenters. The fourth-order valence-electron chi connectivity index (χ4n) is 4.53. The number of para-hydroxylation sites is 2. The summed E-state index contributed by atoms with van der Waals surface area (Å²) in [5, 5.41) is 5.82. The Bertz CT molecular complexity index is 1470. The van der Waals surface area contributed by atoms with Crippen LogP contribution in [0.25, 0.3) is 33.2 Å². The van der Waals surface area contributed by atoms with Crippen molar-refractivity contribution < 1.29 is 4.79 Å². The van der Waals surface area contributed by atoms with Gasteiger partial charge in [0, 0.05) is 42.3 Å². The number of amides is 1. The normalized spacial score (nSPS) is 15.9. The molecule has 35 heavy (non-hydrogen) atoms. The van der Waals surface area contributed by atoms with Crippen LogP contribution in [0.15, 0.2) is 91.4 Å². The lowest BCUT2D eigenvalue weighted by molar-refractivity contribution is -0.126. The van der Waals surface area contributed by atoms with Gasteiger partial charge >= 0.3 is 0 Å². The zero-order valence-corrected chi connectivity index (χ0v) is 19.8. The van der Waals surface area contributed by atoms with Crippen molar-refractivity contribution in [1.29, 1.82) is 0 Å². The molecular formula is C28H23N5OS. The van der Waals surface area contributed by atoms with Crippen LogP contribution in [0, 0.1) is 0 Å². The van der Waals surface area contributed by atoms with Crippen molar-refractivity contribution in [1.82, 2.24) is 24.6 Å². The van der Waals surface area contributed by atoms with E-state index in [0.29, 0.717) is 0 Å². The highest BCUT2D eigenvalue weighted by molar-refractivity contribution is 7.18. The highest BCUT2D eigenvalue weighted by atomic mass is 32.1. The van der Waals surface area contributed by atoms with Crippen LogP contribution in [0.2, 0.25) is 0 Å². The lowest BCUT2D eigenvalue weighted by Crippen LogP contribution is -2.28.